The van der Waals surface area contributed by atoms with Gasteiger partial charge in [-0.1, -0.05) is 12.8 Å². The molecule has 0 amide bonds. The predicted molar refractivity (Wildman–Crippen MR) is 72.5 cm³/mol. The third-order valence-electron chi connectivity index (χ3n) is 3.39. The average molecular weight is 234 g/mol. The molecule has 0 radical (unpaired) electrons. The highest BCUT2D eigenvalue weighted by Gasteiger charge is 2.28. The maximum absolute atomic E-state index is 5.89. The van der Waals surface area contributed by atoms with Crippen molar-refractivity contribution in [3.05, 3.63) is 18.2 Å². The molecule has 0 aliphatic heterocycles. The molecule has 3 nitrogen and oxygen atoms in total. The fourth-order valence-electron chi connectivity index (χ4n) is 2.57. The van der Waals surface area contributed by atoms with Crippen molar-refractivity contribution in [2.24, 2.45) is 0 Å². The first-order chi connectivity index (χ1) is 8.11. The zero-order valence-corrected chi connectivity index (χ0v) is 10.8. The molecule has 0 atom stereocenters. The highest BCUT2D eigenvalue weighted by molar-refractivity contribution is 5.60. The Kier molecular flexibility index (Phi) is 3.46. The zero-order valence-electron chi connectivity index (χ0n) is 10.8. The summed E-state index contributed by atoms with van der Waals surface area (Å²) >= 11 is 0. The molecule has 0 aromatic heterocycles. The number of nitrogen functional groups attached to an aromatic ring is 1. The Bertz CT molecular complexity index is 384. The van der Waals surface area contributed by atoms with Crippen molar-refractivity contribution < 1.29 is 4.74 Å². The molecule has 0 unspecified atom stereocenters. The molecule has 1 aromatic carbocycles. The number of benzene rings is 1. The summed E-state index contributed by atoms with van der Waals surface area (Å²) in [4.78, 5) is 0. The largest absolute Gasteiger partial charge is 0.494 e. The van der Waals surface area contributed by atoms with Gasteiger partial charge in [-0.2, -0.15) is 0 Å². The summed E-state index contributed by atoms with van der Waals surface area (Å²) in [5.41, 5.74) is 7.92. The topological polar surface area (TPSA) is 47.3 Å². The lowest BCUT2D eigenvalue weighted by atomic mass is 10.0. The molecule has 1 saturated carbocycles. The Morgan fingerprint density at radius 2 is 2.00 bits per heavy atom. The lowest BCUT2D eigenvalue weighted by Crippen LogP contribution is -2.30. The highest BCUT2D eigenvalue weighted by atomic mass is 16.5. The van der Waals surface area contributed by atoms with Crippen LogP contribution in [0, 0.1) is 0 Å². The van der Waals surface area contributed by atoms with E-state index in [0.29, 0.717) is 6.61 Å². The van der Waals surface area contributed by atoms with E-state index in [1.54, 1.807) is 0 Å². The fourth-order valence-corrected chi connectivity index (χ4v) is 2.57. The van der Waals surface area contributed by atoms with Gasteiger partial charge in [-0.05, 0) is 32.8 Å². The number of hydrogen-bond donors (Lipinski definition) is 2. The molecular formula is C14H22N2O. The van der Waals surface area contributed by atoms with E-state index >= 15 is 0 Å². The molecule has 0 bridgehead atoms. The van der Waals surface area contributed by atoms with Gasteiger partial charge in [0.15, 0.2) is 0 Å². The minimum absolute atomic E-state index is 0.220. The van der Waals surface area contributed by atoms with Crippen LogP contribution in [0.25, 0.3) is 0 Å². The normalized spacial score (nSPS) is 18.0. The molecule has 17 heavy (non-hydrogen) atoms. The van der Waals surface area contributed by atoms with Crippen molar-refractivity contribution in [2.75, 3.05) is 17.7 Å². The van der Waals surface area contributed by atoms with Gasteiger partial charge in [-0.25, -0.2) is 0 Å². The van der Waals surface area contributed by atoms with Crippen molar-refractivity contribution in [1.29, 1.82) is 0 Å². The van der Waals surface area contributed by atoms with Gasteiger partial charge in [-0.15, -0.1) is 0 Å². The van der Waals surface area contributed by atoms with Crippen LogP contribution in [0.4, 0.5) is 11.4 Å². The van der Waals surface area contributed by atoms with Crippen LogP contribution in [0.2, 0.25) is 0 Å². The monoisotopic (exact) mass is 234 g/mol. The number of anilines is 2. The maximum atomic E-state index is 5.89. The number of rotatable bonds is 4. The molecule has 3 heteroatoms. The van der Waals surface area contributed by atoms with Crippen LogP contribution in [0.15, 0.2) is 18.2 Å². The Morgan fingerprint density at radius 3 is 2.65 bits per heavy atom. The van der Waals surface area contributed by atoms with E-state index in [4.69, 9.17) is 10.5 Å². The Morgan fingerprint density at radius 1 is 1.29 bits per heavy atom. The molecule has 94 valence electrons. The number of nitrogens with one attached hydrogen (secondary N) is 1. The van der Waals surface area contributed by atoms with Crippen LogP contribution in [0.3, 0.4) is 0 Å². The molecule has 0 spiro atoms. The quantitative estimate of drug-likeness (QED) is 0.785. The van der Waals surface area contributed by atoms with E-state index in [1.165, 1.54) is 25.7 Å². The van der Waals surface area contributed by atoms with Crippen molar-refractivity contribution in [3.63, 3.8) is 0 Å². The van der Waals surface area contributed by atoms with Crippen LogP contribution in [-0.4, -0.2) is 12.1 Å². The molecule has 0 saturated heterocycles. The van der Waals surface area contributed by atoms with Gasteiger partial charge in [0, 0.05) is 29.0 Å². The zero-order chi connectivity index (χ0) is 12.3. The second kappa shape index (κ2) is 4.86. The van der Waals surface area contributed by atoms with Gasteiger partial charge in [0.05, 0.1) is 6.61 Å². The third-order valence-corrected chi connectivity index (χ3v) is 3.39. The maximum Gasteiger partial charge on any atom is 0.123 e. The lowest BCUT2D eigenvalue weighted by Gasteiger charge is -2.27. The average Bonchev–Trinajstić information content (AvgIpc) is 2.64. The van der Waals surface area contributed by atoms with Crippen molar-refractivity contribution in [3.8, 4) is 5.75 Å². The Labute approximate surface area is 103 Å². The summed E-state index contributed by atoms with van der Waals surface area (Å²) in [6.45, 7) is 4.93. The van der Waals surface area contributed by atoms with Gasteiger partial charge in [-0.3, -0.25) is 0 Å². The van der Waals surface area contributed by atoms with E-state index in [9.17, 15) is 0 Å². The smallest absolute Gasteiger partial charge is 0.123 e. The first kappa shape index (κ1) is 12.1. The predicted octanol–water partition coefficient (Wildman–Crippen LogP) is 3.41. The molecule has 1 aliphatic rings. The molecule has 1 fully saturated rings. The highest BCUT2D eigenvalue weighted by Crippen LogP contribution is 2.34. The van der Waals surface area contributed by atoms with Gasteiger partial charge in [0.25, 0.3) is 0 Å². The van der Waals surface area contributed by atoms with Gasteiger partial charge < -0.3 is 15.8 Å². The van der Waals surface area contributed by atoms with Crippen LogP contribution in [0.1, 0.15) is 39.5 Å². The summed E-state index contributed by atoms with van der Waals surface area (Å²) < 4.78 is 5.50. The molecule has 2 rings (SSSR count). The lowest BCUT2D eigenvalue weighted by molar-refractivity contribution is 0.340. The summed E-state index contributed by atoms with van der Waals surface area (Å²) in [5.74, 6) is 0.844. The molecule has 1 aliphatic carbocycles. The van der Waals surface area contributed by atoms with E-state index in [-0.39, 0.29) is 5.54 Å². The van der Waals surface area contributed by atoms with Crippen LogP contribution >= 0.6 is 0 Å². The second-order valence-electron chi connectivity index (χ2n) is 5.12. The summed E-state index contributed by atoms with van der Waals surface area (Å²) in [5, 5.41) is 3.60. The van der Waals surface area contributed by atoms with E-state index in [0.717, 1.165) is 17.1 Å². The summed E-state index contributed by atoms with van der Waals surface area (Å²) in [6, 6.07) is 5.88. The Hall–Kier alpha value is -1.38. The van der Waals surface area contributed by atoms with Gasteiger partial charge >= 0.3 is 0 Å². The van der Waals surface area contributed by atoms with Crippen LogP contribution in [-0.2, 0) is 0 Å². The second-order valence-corrected chi connectivity index (χ2v) is 5.12. The van der Waals surface area contributed by atoms with E-state index in [1.807, 2.05) is 25.1 Å². The standard InChI is InChI=1S/C14H22N2O/c1-3-17-13-9-11(15)8-12(10-13)16-14(2)6-4-5-7-14/h8-10,16H,3-7,15H2,1-2H3. The van der Waals surface area contributed by atoms with Gasteiger partial charge in [0.1, 0.15) is 5.75 Å². The number of ether oxygens (including phenoxy) is 1. The van der Waals surface area contributed by atoms with E-state index < -0.39 is 0 Å². The van der Waals surface area contributed by atoms with Crippen LogP contribution < -0.4 is 15.8 Å². The third kappa shape index (κ3) is 3.05. The Balaban J connectivity index is 2.14. The summed E-state index contributed by atoms with van der Waals surface area (Å²) in [6.07, 6.45) is 5.08. The number of hydrogen-bond acceptors (Lipinski definition) is 3. The minimum Gasteiger partial charge on any atom is -0.494 e. The summed E-state index contributed by atoms with van der Waals surface area (Å²) in [7, 11) is 0. The molecule has 3 N–H and O–H groups in total. The minimum atomic E-state index is 0.220. The SMILES string of the molecule is CCOc1cc(N)cc(NC2(C)CCCC2)c1. The van der Waals surface area contributed by atoms with Crippen molar-refractivity contribution in [1.82, 2.24) is 0 Å². The van der Waals surface area contributed by atoms with Crippen molar-refractivity contribution >= 4 is 11.4 Å². The molecule has 1 aromatic rings. The number of nitrogens with two attached hydrogens (primary N) is 1. The van der Waals surface area contributed by atoms with Crippen molar-refractivity contribution in [2.45, 2.75) is 45.1 Å². The first-order valence-corrected chi connectivity index (χ1v) is 6.43. The molecule has 0 heterocycles. The first-order valence-electron chi connectivity index (χ1n) is 6.43. The van der Waals surface area contributed by atoms with Crippen LogP contribution in [0.5, 0.6) is 5.75 Å². The molecular weight excluding hydrogens is 212 g/mol. The fraction of sp³-hybridized carbons (Fsp3) is 0.571. The van der Waals surface area contributed by atoms with E-state index in [2.05, 4.69) is 12.2 Å². The van der Waals surface area contributed by atoms with Gasteiger partial charge in [0.2, 0.25) is 0 Å².